The van der Waals surface area contributed by atoms with E-state index in [0.717, 1.165) is 0 Å². The fourth-order valence-electron chi connectivity index (χ4n) is 0.466. The average Bonchev–Trinajstić information content (AvgIpc) is 1.67. The van der Waals surface area contributed by atoms with Gasteiger partial charge in [0.15, 0.2) is 0 Å². The van der Waals surface area contributed by atoms with Gasteiger partial charge in [-0.25, -0.2) is 0 Å². The third kappa shape index (κ3) is 2.99. The average molecular weight is 118 g/mol. The predicted molar refractivity (Wildman–Crippen MR) is 32.5 cm³/mol. The molecule has 0 aromatic carbocycles. The van der Waals surface area contributed by atoms with Gasteiger partial charge < -0.3 is 10.2 Å². The van der Waals surface area contributed by atoms with E-state index in [9.17, 15) is 0 Å². The normalized spacial score (nSPS) is 14.6. The number of rotatable bonds is 3. The van der Waals surface area contributed by atoms with E-state index in [1.165, 1.54) is 0 Å². The van der Waals surface area contributed by atoms with Gasteiger partial charge in [-0.2, -0.15) is 0 Å². The van der Waals surface area contributed by atoms with Crippen molar-refractivity contribution in [1.82, 2.24) is 0 Å². The van der Waals surface area contributed by atoms with Crippen molar-refractivity contribution in [2.24, 2.45) is 5.92 Å². The standard InChI is InChI=1S/C6H14O2/c1-5(2)6(8)3-4-7/h5-8H,3-4H2,1-2H3. The molecule has 0 saturated carbocycles. The fourth-order valence-corrected chi connectivity index (χ4v) is 0.466. The van der Waals surface area contributed by atoms with Crippen LogP contribution in [0.25, 0.3) is 0 Å². The molecule has 0 radical (unpaired) electrons. The van der Waals surface area contributed by atoms with Crippen molar-refractivity contribution in [3.05, 3.63) is 0 Å². The first-order chi connectivity index (χ1) is 3.68. The summed E-state index contributed by atoms with van der Waals surface area (Å²) < 4.78 is 0. The molecule has 50 valence electrons. The van der Waals surface area contributed by atoms with Crippen molar-refractivity contribution in [1.29, 1.82) is 0 Å². The van der Waals surface area contributed by atoms with Gasteiger partial charge in [-0.3, -0.25) is 0 Å². The van der Waals surface area contributed by atoms with Crippen molar-refractivity contribution < 1.29 is 10.2 Å². The third-order valence-electron chi connectivity index (χ3n) is 1.19. The first kappa shape index (κ1) is 7.92. The minimum absolute atomic E-state index is 0.0827. The van der Waals surface area contributed by atoms with Gasteiger partial charge in [0, 0.05) is 6.61 Å². The van der Waals surface area contributed by atoms with Crippen molar-refractivity contribution in [2.45, 2.75) is 26.4 Å². The maximum Gasteiger partial charge on any atom is 0.0585 e. The molecular formula is C6H14O2. The zero-order chi connectivity index (χ0) is 6.57. The van der Waals surface area contributed by atoms with Crippen LogP contribution in [0.1, 0.15) is 20.3 Å². The Labute approximate surface area is 50.2 Å². The van der Waals surface area contributed by atoms with Crippen molar-refractivity contribution >= 4 is 0 Å². The van der Waals surface area contributed by atoms with E-state index in [2.05, 4.69) is 0 Å². The second-order valence-electron chi connectivity index (χ2n) is 2.32. The van der Waals surface area contributed by atoms with Crippen LogP contribution in [-0.2, 0) is 0 Å². The highest BCUT2D eigenvalue weighted by Crippen LogP contribution is 2.03. The Morgan fingerprint density at radius 3 is 2.00 bits per heavy atom. The van der Waals surface area contributed by atoms with Crippen molar-refractivity contribution in [3.8, 4) is 0 Å². The highest BCUT2D eigenvalue weighted by atomic mass is 16.3. The lowest BCUT2D eigenvalue weighted by Crippen LogP contribution is -2.15. The van der Waals surface area contributed by atoms with E-state index < -0.39 is 0 Å². The molecule has 0 bridgehead atoms. The minimum Gasteiger partial charge on any atom is -0.396 e. The van der Waals surface area contributed by atoms with Crippen LogP contribution in [0.5, 0.6) is 0 Å². The summed E-state index contributed by atoms with van der Waals surface area (Å²) in [6.07, 6.45) is 0.164. The van der Waals surface area contributed by atoms with Gasteiger partial charge in [-0.15, -0.1) is 0 Å². The Hall–Kier alpha value is -0.0800. The van der Waals surface area contributed by atoms with Crippen LogP contribution >= 0.6 is 0 Å². The van der Waals surface area contributed by atoms with Crippen LogP contribution < -0.4 is 0 Å². The second kappa shape index (κ2) is 3.87. The largest absolute Gasteiger partial charge is 0.396 e. The molecule has 0 aromatic heterocycles. The Bertz CT molecular complexity index is 52.5. The molecule has 0 aliphatic rings. The predicted octanol–water partition coefficient (Wildman–Crippen LogP) is 0.386. The molecule has 0 aliphatic heterocycles. The van der Waals surface area contributed by atoms with Crippen LogP contribution in [0.4, 0.5) is 0 Å². The summed E-state index contributed by atoms with van der Waals surface area (Å²) >= 11 is 0. The van der Waals surface area contributed by atoms with Gasteiger partial charge in [0.2, 0.25) is 0 Å². The monoisotopic (exact) mass is 118 g/mol. The molecule has 0 amide bonds. The number of aliphatic hydroxyl groups is 2. The van der Waals surface area contributed by atoms with Crippen LogP contribution in [0.15, 0.2) is 0 Å². The molecule has 1 unspecified atom stereocenters. The summed E-state index contributed by atoms with van der Waals surface area (Å²) in [5.41, 5.74) is 0. The lowest BCUT2D eigenvalue weighted by Gasteiger charge is -2.11. The molecule has 0 saturated heterocycles. The zero-order valence-corrected chi connectivity index (χ0v) is 5.46. The number of hydrogen-bond acceptors (Lipinski definition) is 2. The van der Waals surface area contributed by atoms with Gasteiger partial charge in [0.25, 0.3) is 0 Å². The van der Waals surface area contributed by atoms with Crippen molar-refractivity contribution in [2.75, 3.05) is 6.61 Å². The molecule has 0 aromatic rings. The van der Waals surface area contributed by atoms with Gasteiger partial charge in [-0.1, -0.05) is 13.8 Å². The summed E-state index contributed by atoms with van der Waals surface area (Å²) in [7, 11) is 0. The summed E-state index contributed by atoms with van der Waals surface area (Å²) in [6, 6.07) is 0. The van der Waals surface area contributed by atoms with Crippen LogP contribution in [-0.4, -0.2) is 22.9 Å². The lowest BCUT2D eigenvalue weighted by molar-refractivity contribution is 0.0931. The Morgan fingerprint density at radius 2 is 1.88 bits per heavy atom. The quantitative estimate of drug-likeness (QED) is 0.562. The topological polar surface area (TPSA) is 40.5 Å². The molecular weight excluding hydrogens is 104 g/mol. The molecule has 8 heavy (non-hydrogen) atoms. The molecule has 0 aliphatic carbocycles. The van der Waals surface area contributed by atoms with Gasteiger partial charge in [-0.05, 0) is 12.3 Å². The highest BCUT2D eigenvalue weighted by molar-refractivity contribution is 4.57. The molecule has 2 N–H and O–H groups in total. The maximum atomic E-state index is 8.97. The van der Waals surface area contributed by atoms with E-state index in [1.54, 1.807) is 0 Å². The van der Waals surface area contributed by atoms with Gasteiger partial charge in [0.05, 0.1) is 6.10 Å². The molecule has 2 nitrogen and oxygen atoms in total. The van der Waals surface area contributed by atoms with Gasteiger partial charge in [0.1, 0.15) is 0 Å². The van der Waals surface area contributed by atoms with Crippen LogP contribution in [0, 0.1) is 5.92 Å². The molecule has 1 atom stereocenters. The summed E-state index contributed by atoms with van der Waals surface area (Å²) in [6.45, 7) is 3.94. The molecule has 0 spiro atoms. The van der Waals surface area contributed by atoms with E-state index >= 15 is 0 Å². The van der Waals surface area contributed by atoms with E-state index in [4.69, 9.17) is 10.2 Å². The van der Waals surface area contributed by atoms with E-state index in [-0.39, 0.29) is 18.6 Å². The van der Waals surface area contributed by atoms with E-state index in [0.29, 0.717) is 6.42 Å². The highest BCUT2D eigenvalue weighted by Gasteiger charge is 2.06. The molecule has 0 rings (SSSR count). The minimum atomic E-state index is -0.333. The zero-order valence-electron chi connectivity index (χ0n) is 5.46. The first-order valence-corrected chi connectivity index (χ1v) is 2.97. The number of aliphatic hydroxyl groups excluding tert-OH is 2. The second-order valence-corrected chi connectivity index (χ2v) is 2.32. The molecule has 2 heteroatoms. The SMILES string of the molecule is CC(C)C(O)CCO. The summed E-state index contributed by atoms with van der Waals surface area (Å²) in [4.78, 5) is 0. The molecule has 0 fully saturated rings. The van der Waals surface area contributed by atoms with Gasteiger partial charge >= 0.3 is 0 Å². The third-order valence-corrected chi connectivity index (χ3v) is 1.19. The Balaban J connectivity index is 3.17. The smallest absolute Gasteiger partial charge is 0.0585 e. The number of hydrogen-bond donors (Lipinski definition) is 2. The lowest BCUT2D eigenvalue weighted by atomic mass is 10.1. The summed E-state index contributed by atoms with van der Waals surface area (Å²) in [5, 5.41) is 17.3. The first-order valence-electron chi connectivity index (χ1n) is 2.97. The van der Waals surface area contributed by atoms with Crippen LogP contribution in [0.3, 0.4) is 0 Å². The van der Waals surface area contributed by atoms with Crippen molar-refractivity contribution in [3.63, 3.8) is 0 Å². The molecule has 0 heterocycles. The Kier molecular flexibility index (Phi) is 3.83. The summed E-state index contributed by atoms with van der Waals surface area (Å²) in [5.74, 6) is 0.266. The fraction of sp³-hybridized carbons (Fsp3) is 1.00. The van der Waals surface area contributed by atoms with E-state index in [1.807, 2.05) is 13.8 Å². The van der Waals surface area contributed by atoms with Crippen LogP contribution in [0.2, 0.25) is 0 Å². The Morgan fingerprint density at radius 1 is 1.38 bits per heavy atom. The maximum absolute atomic E-state index is 8.97.